The maximum Gasteiger partial charge on any atom is 0.251 e. The van der Waals surface area contributed by atoms with Gasteiger partial charge < -0.3 is 0 Å². The summed E-state index contributed by atoms with van der Waals surface area (Å²) < 4.78 is 1.52. The van der Waals surface area contributed by atoms with Crippen molar-refractivity contribution in [3.63, 3.8) is 0 Å². The van der Waals surface area contributed by atoms with Gasteiger partial charge in [0.05, 0.1) is 0 Å². The van der Waals surface area contributed by atoms with Gasteiger partial charge in [0.15, 0.2) is 0 Å². The summed E-state index contributed by atoms with van der Waals surface area (Å²) in [6.45, 7) is 1.80. The molecule has 0 aromatic carbocycles. The van der Waals surface area contributed by atoms with E-state index in [0.717, 1.165) is 5.39 Å². The van der Waals surface area contributed by atoms with E-state index in [1.807, 2.05) is 0 Å². The molecule has 2 rings (SSSR count). The molecule has 0 amide bonds. The summed E-state index contributed by atoms with van der Waals surface area (Å²) in [5.41, 5.74) is 0.630. The van der Waals surface area contributed by atoms with Crippen LogP contribution >= 0.6 is 0 Å². The fourth-order valence-electron chi connectivity index (χ4n) is 1.23. The average molecular weight is 175 g/mol. The van der Waals surface area contributed by atoms with Gasteiger partial charge in [-0.1, -0.05) is 0 Å². The van der Waals surface area contributed by atoms with Crippen LogP contribution in [0.1, 0.15) is 5.82 Å². The third-order valence-corrected chi connectivity index (χ3v) is 1.97. The summed E-state index contributed by atoms with van der Waals surface area (Å²) in [5.74, 6) is 0.675. The lowest BCUT2D eigenvalue weighted by Crippen LogP contribution is -2.16. The van der Waals surface area contributed by atoms with E-state index < -0.39 is 0 Å². The molecular weight excluding hydrogens is 166 g/mol. The average Bonchev–Trinajstić information content (AvgIpc) is 2.12. The van der Waals surface area contributed by atoms with Crippen LogP contribution in [-0.4, -0.2) is 14.5 Å². The third kappa shape index (κ3) is 1.20. The molecular formula is C9H9N3O. The molecule has 2 heterocycles. The van der Waals surface area contributed by atoms with Crippen LogP contribution in [0, 0.1) is 6.92 Å². The number of aryl methyl sites for hydroxylation is 2. The Morgan fingerprint density at radius 3 is 2.92 bits per heavy atom. The molecule has 0 spiro atoms. The fourth-order valence-corrected chi connectivity index (χ4v) is 1.23. The van der Waals surface area contributed by atoms with Crippen molar-refractivity contribution in [2.45, 2.75) is 6.92 Å². The number of hydrogen-bond acceptors (Lipinski definition) is 3. The SMILES string of the molecule is Cc1ncc2ccc(=O)n(C)c2n1. The molecule has 13 heavy (non-hydrogen) atoms. The minimum Gasteiger partial charge on any atom is -0.296 e. The zero-order chi connectivity index (χ0) is 9.42. The molecule has 2 aromatic rings. The van der Waals surface area contributed by atoms with Crippen LogP contribution < -0.4 is 5.56 Å². The van der Waals surface area contributed by atoms with Crippen molar-refractivity contribution in [3.8, 4) is 0 Å². The fraction of sp³-hybridized carbons (Fsp3) is 0.222. The van der Waals surface area contributed by atoms with Crippen molar-refractivity contribution in [1.29, 1.82) is 0 Å². The molecule has 0 aliphatic heterocycles. The van der Waals surface area contributed by atoms with Gasteiger partial charge in [0.2, 0.25) is 0 Å². The van der Waals surface area contributed by atoms with Crippen molar-refractivity contribution >= 4 is 11.0 Å². The summed E-state index contributed by atoms with van der Waals surface area (Å²) in [6, 6.07) is 3.25. The second kappa shape index (κ2) is 2.65. The van der Waals surface area contributed by atoms with Crippen LogP contribution in [0.5, 0.6) is 0 Å². The highest BCUT2D eigenvalue weighted by molar-refractivity contribution is 5.73. The van der Waals surface area contributed by atoms with E-state index in [1.165, 1.54) is 10.6 Å². The highest BCUT2D eigenvalue weighted by Gasteiger charge is 2.00. The molecule has 0 atom stereocenters. The van der Waals surface area contributed by atoms with Gasteiger partial charge >= 0.3 is 0 Å². The van der Waals surface area contributed by atoms with E-state index >= 15 is 0 Å². The van der Waals surface area contributed by atoms with Gasteiger partial charge in [-0.15, -0.1) is 0 Å². The van der Waals surface area contributed by atoms with Crippen LogP contribution in [-0.2, 0) is 7.05 Å². The number of pyridine rings is 1. The molecule has 4 heteroatoms. The summed E-state index contributed by atoms with van der Waals surface area (Å²) in [6.07, 6.45) is 1.72. The van der Waals surface area contributed by atoms with Crippen LogP contribution in [0.15, 0.2) is 23.1 Å². The predicted molar refractivity (Wildman–Crippen MR) is 49.5 cm³/mol. The summed E-state index contributed by atoms with van der Waals surface area (Å²) in [4.78, 5) is 19.5. The van der Waals surface area contributed by atoms with Gasteiger partial charge in [-0.05, 0) is 13.0 Å². The number of rotatable bonds is 0. The standard InChI is InChI=1S/C9H9N3O/c1-6-10-5-7-3-4-8(13)12(2)9(7)11-6/h3-5H,1-2H3. The Hall–Kier alpha value is -1.71. The van der Waals surface area contributed by atoms with E-state index in [-0.39, 0.29) is 5.56 Å². The van der Waals surface area contributed by atoms with Crippen LogP contribution in [0.2, 0.25) is 0 Å². The second-order valence-electron chi connectivity index (χ2n) is 2.93. The maximum atomic E-state index is 11.2. The van der Waals surface area contributed by atoms with Gasteiger partial charge in [-0.25, -0.2) is 9.97 Å². The van der Waals surface area contributed by atoms with Gasteiger partial charge in [-0.3, -0.25) is 9.36 Å². The van der Waals surface area contributed by atoms with E-state index in [1.54, 1.807) is 26.2 Å². The van der Waals surface area contributed by atoms with E-state index in [0.29, 0.717) is 11.5 Å². The quantitative estimate of drug-likeness (QED) is 0.590. The lowest BCUT2D eigenvalue weighted by atomic mass is 10.3. The molecule has 0 aliphatic carbocycles. The molecule has 0 unspecified atom stereocenters. The normalized spacial score (nSPS) is 10.6. The van der Waals surface area contributed by atoms with Crippen molar-refractivity contribution in [3.05, 3.63) is 34.5 Å². The van der Waals surface area contributed by atoms with Gasteiger partial charge in [0.25, 0.3) is 5.56 Å². The van der Waals surface area contributed by atoms with Gasteiger partial charge in [-0.2, -0.15) is 0 Å². The zero-order valence-corrected chi connectivity index (χ0v) is 7.48. The first kappa shape index (κ1) is 7.91. The van der Waals surface area contributed by atoms with Crippen LogP contribution in [0.4, 0.5) is 0 Å². The largest absolute Gasteiger partial charge is 0.296 e. The molecule has 0 bridgehead atoms. The van der Waals surface area contributed by atoms with E-state index in [9.17, 15) is 4.79 Å². The Balaban J connectivity index is 2.97. The molecule has 0 fully saturated rings. The van der Waals surface area contributed by atoms with E-state index in [4.69, 9.17) is 0 Å². The highest BCUT2D eigenvalue weighted by atomic mass is 16.1. The van der Waals surface area contributed by atoms with Crippen molar-refractivity contribution in [2.24, 2.45) is 7.05 Å². The minimum atomic E-state index is -0.0504. The number of aromatic nitrogens is 3. The van der Waals surface area contributed by atoms with Gasteiger partial charge in [0.1, 0.15) is 11.5 Å². The lowest BCUT2D eigenvalue weighted by Gasteiger charge is -2.02. The first-order valence-corrected chi connectivity index (χ1v) is 3.98. The van der Waals surface area contributed by atoms with Crippen molar-refractivity contribution in [1.82, 2.24) is 14.5 Å². The zero-order valence-electron chi connectivity index (χ0n) is 7.48. The maximum absolute atomic E-state index is 11.2. The van der Waals surface area contributed by atoms with Crippen LogP contribution in [0.3, 0.4) is 0 Å². The summed E-state index contributed by atoms with van der Waals surface area (Å²) in [5, 5.41) is 0.882. The number of nitrogens with zero attached hydrogens (tertiary/aromatic N) is 3. The Bertz CT molecular complexity index is 516. The molecule has 0 N–H and O–H groups in total. The lowest BCUT2D eigenvalue weighted by molar-refractivity contribution is 0.875. The second-order valence-corrected chi connectivity index (χ2v) is 2.93. The molecule has 0 radical (unpaired) electrons. The van der Waals surface area contributed by atoms with Gasteiger partial charge in [0, 0.05) is 24.7 Å². The molecule has 0 aliphatic rings. The predicted octanol–water partition coefficient (Wildman–Crippen LogP) is 0.637. The molecule has 2 aromatic heterocycles. The first-order chi connectivity index (χ1) is 6.18. The summed E-state index contributed by atoms with van der Waals surface area (Å²) >= 11 is 0. The Morgan fingerprint density at radius 2 is 2.15 bits per heavy atom. The highest BCUT2D eigenvalue weighted by Crippen LogP contribution is 2.05. The third-order valence-electron chi connectivity index (χ3n) is 1.97. The van der Waals surface area contributed by atoms with E-state index in [2.05, 4.69) is 9.97 Å². The Morgan fingerprint density at radius 1 is 1.38 bits per heavy atom. The Kier molecular flexibility index (Phi) is 1.62. The number of hydrogen-bond donors (Lipinski definition) is 0. The minimum absolute atomic E-state index is 0.0504. The molecule has 0 saturated heterocycles. The summed E-state index contributed by atoms with van der Waals surface area (Å²) in [7, 11) is 1.71. The van der Waals surface area contributed by atoms with Crippen molar-refractivity contribution < 1.29 is 0 Å². The monoisotopic (exact) mass is 175 g/mol. The van der Waals surface area contributed by atoms with Crippen molar-refractivity contribution in [2.75, 3.05) is 0 Å². The molecule has 0 saturated carbocycles. The topological polar surface area (TPSA) is 47.8 Å². The first-order valence-electron chi connectivity index (χ1n) is 3.98. The molecule has 66 valence electrons. The Labute approximate surface area is 74.9 Å². The smallest absolute Gasteiger partial charge is 0.251 e. The number of fused-ring (bicyclic) bond motifs is 1. The van der Waals surface area contributed by atoms with Crippen LogP contribution in [0.25, 0.3) is 11.0 Å². The molecule has 4 nitrogen and oxygen atoms in total.